The van der Waals surface area contributed by atoms with Crippen molar-refractivity contribution in [1.82, 2.24) is 4.90 Å². The first-order valence-corrected chi connectivity index (χ1v) is 6.40. The second-order valence-electron chi connectivity index (χ2n) is 4.98. The van der Waals surface area contributed by atoms with E-state index in [4.69, 9.17) is 15.2 Å². The monoisotopic (exact) mass is 264 g/mol. The smallest absolute Gasteiger partial charge is 0.239 e. The molecule has 2 N–H and O–H groups in total. The minimum Gasteiger partial charge on any atom is -0.454 e. The Morgan fingerprint density at radius 2 is 2.05 bits per heavy atom. The van der Waals surface area contributed by atoms with Gasteiger partial charge in [0.05, 0.1) is 6.04 Å². The molecule has 19 heavy (non-hydrogen) atoms. The minimum absolute atomic E-state index is 0.0479. The first kappa shape index (κ1) is 13.7. The van der Waals surface area contributed by atoms with Crippen LogP contribution in [0.25, 0.3) is 0 Å². The lowest BCUT2D eigenvalue weighted by Crippen LogP contribution is -2.44. The van der Waals surface area contributed by atoms with E-state index >= 15 is 0 Å². The van der Waals surface area contributed by atoms with Gasteiger partial charge in [0.2, 0.25) is 12.7 Å². The second-order valence-corrected chi connectivity index (χ2v) is 4.98. The zero-order valence-electron chi connectivity index (χ0n) is 11.6. The van der Waals surface area contributed by atoms with Gasteiger partial charge < -0.3 is 20.1 Å². The predicted molar refractivity (Wildman–Crippen MR) is 72.2 cm³/mol. The number of nitrogens with zero attached hydrogens (tertiary/aromatic N) is 1. The van der Waals surface area contributed by atoms with E-state index in [1.165, 1.54) is 0 Å². The molecular weight excluding hydrogens is 244 g/mol. The van der Waals surface area contributed by atoms with Crippen LogP contribution in [0.4, 0.5) is 0 Å². The molecule has 2 rings (SSSR count). The molecule has 1 aromatic rings. The average Bonchev–Trinajstić information content (AvgIpc) is 2.84. The Labute approximate surface area is 113 Å². The van der Waals surface area contributed by atoms with Crippen molar-refractivity contribution in [3.05, 3.63) is 23.8 Å². The van der Waals surface area contributed by atoms with Gasteiger partial charge in [-0.1, -0.05) is 6.07 Å². The molecule has 104 valence electrons. The van der Waals surface area contributed by atoms with Crippen molar-refractivity contribution in [3.8, 4) is 11.5 Å². The van der Waals surface area contributed by atoms with E-state index in [1.54, 1.807) is 18.9 Å². The molecule has 5 heteroatoms. The third-order valence-corrected chi connectivity index (χ3v) is 3.37. The molecule has 0 radical (unpaired) electrons. The van der Waals surface area contributed by atoms with Crippen molar-refractivity contribution in [3.63, 3.8) is 0 Å². The fraction of sp³-hybridized carbons (Fsp3) is 0.500. The van der Waals surface area contributed by atoms with Crippen molar-refractivity contribution in [2.24, 2.45) is 5.73 Å². The van der Waals surface area contributed by atoms with Gasteiger partial charge >= 0.3 is 0 Å². The molecule has 0 bridgehead atoms. The fourth-order valence-electron chi connectivity index (χ4n) is 2.08. The predicted octanol–water partition coefficient (Wildman–Crippen LogP) is 1.15. The first-order valence-electron chi connectivity index (χ1n) is 6.40. The van der Waals surface area contributed by atoms with E-state index in [1.807, 2.05) is 25.1 Å². The maximum atomic E-state index is 11.8. The van der Waals surface area contributed by atoms with Gasteiger partial charge in [-0.25, -0.2) is 0 Å². The van der Waals surface area contributed by atoms with Crippen LogP contribution in [0.5, 0.6) is 11.5 Å². The summed E-state index contributed by atoms with van der Waals surface area (Å²) in [6.45, 7) is 3.98. The van der Waals surface area contributed by atoms with Crippen LogP contribution < -0.4 is 15.2 Å². The van der Waals surface area contributed by atoms with Gasteiger partial charge in [-0.05, 0) is 38.0 Å². The zero-order valence-corrected chi connectivity index (χ0v) is 11.6. The van der Waals surface area contributed by atoms with E-state index < -0.39 is 6.04 Å². The minimum atomic E-state index is -0.468. The summed E-state index contributed by atoms with van der Waals surface area (Å²) >= 11 is 0. The molecular formula is C14H20N2O3. The van der Waals surface area contributed by atoms with Crippen LogP contribution in [0.1, 0.15) is 19.4 Å². The number of amides is 1. The van der Waals surface area contributed by atoms with Crippen molar-refractivity contribution in [2.45, 2.75) is 32.4 Å². The van der Waals surface area contributed by atoms with Gasteiger partial charge in [0.1, 0.15) is 0 Å². The number of ether oxygens (including phenoxy) is 2. The average molecular weight is 264 g/mol. The van der Waals surface area contributed by atoms with Gasteiger partial charge in [-0.3, -0.25) is 4.79 Å². The number of hydrogen-bond acceptors (Lipinski definition) is 4. The molecule has 0 aromatic heterocycles. The molecule has 1 aliphatic heterocycles. The summed E-state index contributed by atoms with van der Waals surface area (Å²) in [6.07, 6.45) is 0.756. The zero-order chi connectivity index (χ0) is 14.0. The topological polar surface area (TPSA) is 64.8 Å². The lowest BCUT2D eigenvalue weighted by molar-refractivity contribution is -0.132. The first-order chi connectivity index (χ1) is 8.99. The van der Waals surface area contributed by atoms with Gasteiger partial charge in [0.25, 0.3) is 0 Å². The highest BCUT2D eigenvalue weighted by Gasteiger charge is 2.20. The standard InChI is InChI=1S/C14H20N2O3/c1-9(16(3)14(17)10(2)15)6-11-4-5-12-13(7-11)19-8-18-12/h4-5,7,9-10H,6,8,15H2,1-3H3/t9?,10-/m0/s1. The van der Waals surface area contributed by atoms with E-state index in [-0.39, 0.29) is 18.7 Å². The molecule has 0 fully saturated rings. The number of rotatable bonds is 4. The Bertz CT molecular complexity index is 474. The number of carbonyl (C=O) groups excluding carboxylic acids is 1. The summed E-state index contributed by atoms with van der Waals surface area (Å²) in [6, 6.07) is 5.47. The number of benzene rings is 1. The Balaban J connectivity index is 2.02. The largest absolute Gasteiger partial charge is 0.454 e. The summed E-state index contributed by atoms with van der Waals surface area (Å²) in [5.74, 6) is 1.50. The molecule has 0 aliphatic carbocycles. The molecule has 1 unspecified atom stereocenters. The summed E-state index contributed by atoms with van der Waals surface area (Å²) in [5, 5.41) is 0. The van der Waals surface area contributed by atoms with Gasteiger partial charge in [-0.15, -0.1) is 0 Å². The van der Waals surface area contributed by atoms with Crippen LogP contribution in [-0.4, -0.2) is 36.7 Å². The van der Waals surface area contributed by atoms with Crippen LogP contribution in [0.2, 0.25) is 0 Å². The van der Waals surface area contributed by atoms with Crippen molar-refractivity contribution >= 4 is 5.91 Å². The quantitative estimate of drug-likeness (QED) is 0.886. The molecule has 0 saturated carbocycles. The van der Waals surface area contributed by atoms with Gasteiger partial charge in [0, 0.05) is 13.1 Å². The molecule has 0 spiro atoms. The summed E-state index contributed by atoms with van der Waals surface area (Å²) in [7, 11) is 1.78. The number of likely N-dealkylation sites (N-methyl/N-ethyl adjacent to an activating group) is 1. The highest BCUT2D eigenvalue weighted by Crippen LogP contribution is 2.32. The SMILES string of the molecule is CC(Cc1ccc2c(c1)OCO2)N(C)C(=O)[C@H](C)N. The molecule has 1 heterocycles. The van der Waals surface area contributed by atoms with Crippen molar-refractivity contribution in [1.29, 1.82) is 0 Å². The number of fused-ring (bicyclic) bond motifs is 1. The molecule has 1 amide bonds. The van der Waals surface area contributed by atoms with E-state index in [9.17, 15) is 4.79 Å². The van der Waals surface area contributed by atoms with Crippen molar-refractivity contribution < 1.29 is 14.3 Å². The van der Waals surface area contributed by atoms with Crippen LogP contribution in [0.15, 0.2) is 18.2 Å². The maximum Gasteiger partial charge on any atom is 0.239 e. The van der Waals surface area contributed by atoms with Crippen molar-refractivity contribution in [2.75, 3.05) is 13.8 Å². The highest BCUT2D eigenvalue weighted by molar-refractivity contribution is 5.81. The second kappa shape index (κ2) is 5.48. The number of nitrogens with two attached hydrogens (primary N) is 1. The van der Waals surface area contributed by atoms with Gasteiger partial charge in [-0.2, -0.15) is 0 Å². The highest BCUT2D eigenvalue weighted by atomic mass is 16.7. The van der Waals surface area contributed by atoms with Crippen LogP contribution in [-0.2, 0) is 11.2 Å². The van der Waals surface area contributed by atoms with Crippen LogP contribution >= 0.6 is 0 Å². The lowest BCUT2D eigenvalue weighted by atomic mass is 10.1. The van der Waals surface area contributed by atoms with Gasteiger partial charge in [0.15, 0.2) is 11.5 Å². The Morgan fingerprint density at radius 1 is 1.37 bits per heavy atom. The number of hydrogen-bond donors (Lipinski definition) is 1. The summed E-state index contributed by atoms with van der Waals surface area (Å²) < 4.78 is 10.6. The maximum absolute atomic E-state index is 11.8. The molecule has 0 saturated heterocycles. The Morgan fingerprint density at radius 3 is 2.74 bits per heavy atom. The van der Waals surface area contributed by atoms with E-state index in [0.29, 0.717) is 0 Å². The van der Waals surface area contributed by atoms with E-state index in [2.05, 4.69) is 0 Å². The summed E-state index contributed by atoms with van der Waals surface area (Å²) in [5.41, 5.74) is 6.73. The third-order valence-electron chi connectivity index (χ3n) is 3.37. The Kier molecular flexibility index (Phi) is 3.95. The normalized spacial score (nSPS) is 16.0. The van der Waals surface area contributed by atoms with Crippen LogP contribution in [0, 0.1) is 0 Å². The molecule has 1 aliphatic rings. The lowest BCUT2D eigenvalue weighted by Gasteiger charge is -2.26. The summed E-state index contributed by atoms with van der Waals surface area (Å²) in [4.78, 5) is 13.5. The Hall–Kier alpha value is -1.75. The van der Waals surface area contributed by atoms with E-state index in [0.717, 1.165) is 23.5 Å². The molecule has 1 aromatic carbocycles. The third kappa shape index (κ3) is 2.98. The number of carbonyl (C=O) groups is 1. The molecule has 2 atom stereocenters. The molecule has 5 nitrogen and oxygen atoms in total. The fourth-order valence-corrected chi connectivity index (χ4v) is 2.08. The van der Waals surface area contributed by atoms with Crippen LogP contribution in [0.3, 0.4) is 0 Å².